The molecule has 0 amide bonds. The fourth-order valence-corrected chi connectivity index (χ4v) is 3.81. The molecule has 0 bridgehead atoms. The smallest absolute Gasteiger partial charge is 0.341 e. The largest absolute Gasteiger partial charge is 0.490 e. The van der Waals surface area contributed by atoms with Gasteiger partial charge in [0.05, 0.1) is 24.9 Å². The van der Waals surface area contributed by atoms with Crippen molar-refractivity contribution in [2.24, 2.45) is 0 Å². The van der Waals surface area contributed by atoms with Crippen LogP contribution in [0, 0.1) is 16.7 Å². The lowest BCUT2D eigenvalue weighted by Gasteiger charge is -2.26. The molecule has 0 radical (unpaired) electrons. The number of hydrogen-bond acceptors (Lipinski definition) is 7. The average molecular weight is 497 g/mol. The number of carboxylic acid groups (broad SMARTS) is 1. The van der Waals surface area contributed by atoms with Gasteiger partial charge in [0, 0.05) is 29.7 Å². The molecule has 3 rings (SSSR count). The lowest BCUT2D eigenvalue weighted by molar-refractivity contribution is -0.139. The number of unbranched alkanes of at least 4 members (excludes halogenated alkanes) is 1. The third-order valence-corrected chi connectivity index (χ3v) is 5.62. The minimum atomic E-state index is -1.15. The molecule has 0 fully saturated rings. The SMILES string of the molecule is CC(C)(C)c1cc(C(=O)CN2Cc3ccc(CF)nc3C2=N)cc(OCCCC#N)c1OCC(=O)O. The van der Waals surface area contributed by atoms with Gasteiger partial charge in [-0.1, -0.05) is 26.8 Å². The van der Waals surface area contributed by atoms with E-state index in [4.69, 9.17) is 25.3 Å². The Kier molecular flexibility index (Phi) is 8.25. The Morgan fingerprint density at radius 1 is 1.28 bits per heavy atom. The third-order valence-electron chi connectivity index (χ3n) is 5.62. The molecule has 0 saturated carbocycles. The summed E-state index contributed by atoms with van der Waals surface area (Å²) in [6.07, 6.45) is 0.737. The molecule has 2 heterocycles. The fourth-order valence-electron chi connectivity index (χ4n) is 3.81. The third kappa shape index (κ3) is 6.16. The number of Topliss-reactive ketones (excluding diaryl/α,β-unsaturated/α-hetero) is 1. The minimum Gasteiger partial charge on any atom is -0.490 e. The maximum Gasteiger partial charge on any atom is 0.341 e. The Morgan fingerprint density at radius 3 is 2.67 bits per heavy atom. The molecule has 0 aliphatic carbocycles. The predicted octanol–water partition coefficient (Wildman–Crippen LogP) is 4.02. The molecule has 36 heavy (non-hydrogen) atoms. The molecule has 9 nitrogen and oxygen atoms in total. The van der Waals surface area contributed by atoms with E-state index in [0.717, 1.165) is 5.56 Å². The second kappa shape index (κ2) is 11.2. The number of ketones is 1. The van der Waals surface area contributed by atoms with E-state index < -0.39 is 24.7 Å². The van der Waals surface area contributed by atoms with E-state index in [0.29, 0.717) is 29.8 Å². The molecule has 1 aromatic carbocycles. The highest BCUT2D eigenvalue weighted by atomic mass is 19.1. The van der Waals surface area contributed by atoms with Crippen molar-refractivity contribution < 1.29 is 28.6 Å². The summed E-state index contributed by atoms with van der Waals surface area (Å²) in [7, 11) is 0. The monoisotopic (exact) mass is 496 g/mol. The van der Waals surface area contributed by atoms with E-state index >= 15 is 0 Å². The number of nitrogens with zero attached hydrogens (tertiary/aromatic N) is 3. The van der Waals surface area contributed by atoms with Crippen LogP contribution >= 0.6 is 0 Å². The summed E-state index contributed by atoms with van der Waals surface area (Å²) in [4.78, 5) is 30.3. The lowest BCUT2D eigenvalue weighted by atomic mass is 9.84. The first-order chi connectivity index (χ1) is 17.0. The van der Waals surface area contributed by atoms with Crippen LogP contribution in [-0.2, 0) is 23.4 Å². The van der Waals surface area contributed by atoms with Crippen molar-refractivity contribution in [2.75, 3.05) is 19.8 Å². The number of carbonyl (C=O) groups is 2. The van der Waals surface area contributed by atoms with Crippen molar-refractivity contribution in [3.8, 4) is 17.6 Å². The number of ether oxygens (including phenoxy) is 2. The standard InChI is InChI=1S/C26H29FN4O5/c1-26(2,3)19-10-17(11-21(35-9-5-4-8-28)24(19)36-15-22(33)34)20(32)14-31-13-16-6-7-18(12-27)30-23(16)25(31)29/h6-7,10-11,29H,4-5,9,12-15H2,1-3H3,(H,33,34). The van der Waals surface area contributed by atoms with Gasteiger partial charge in [-0.05, 0) is 30.0 Å². The Labute approximate surface area is 209 Å². The van der Waals surface area contributed by atoms with Crippen LogP contribution in [0.1, 0.15) is 66.5 Å². The van der Waals surface area contributed by atoms with Crippen molar-refractivity contribution in [1.82, 2.24) is 9.88 Å². The van der Waals surface area contributed by atoms with Crippen LogP contribution in [0.15, 0.2) is 24.3 Å². The van der Waals surface area contributed by atoms with Gasteiger partial charge in [-0.25, -0.2) is 14.2 Å². The number of benzene rings is 1. The number of aliphatic carboxylic acids is 1. The molecule has 0 atom stereocenters. The number of halogens is 1. The normalized spacial score (nSPS) is 12.8. The Balaban J connectivity index is 1.92. The van der Waals surface area contributed by atoms with Gasteiger partial charge < -0.3 is 19.5 Å². The zero-order valence-corrected chi connectivity index (χ0v) is 20.6. The van der Waals surface area contributed by atoms with Gasteiger partial charge in [0.15, 0.2) is 23.9 Å². The van der Waals surface area contributed by atoms with Crippen molar-refractivity contribution >= 4 is 17.6 Å². The number of alkyl halides is 1. The zero-order valence-electron chi connectivity index (χ0n) is 20.6. The van der Waals surface area contributed by atoms with E-state index in [1.165, 1.54) is 6.07 Å². The van der Waals surface area contributed by atoms with E-state index in [2.05, 4.69) is 4.98 Å². The van der Waals surface area contributed by atoms with Crippen LogP contribution in [-0.4, -0.2) is 52.3 Å². The van der Waals surface area contributed by atoms with Crippen LogP contribution in [0.3, 0.4) is 0 Å². The number of amidine groups is 1. The van der Waals surface area contributed by atoms with Crippen LogP contribution in [0.4, 0.5) is 4.39 Å². The van der Waals surface area contributed by atoms with Gasteiger partial charge in [0.25, 0.3) is 0 Å². The molecule has 190 valence electrons. The first-order valence-corrected chi connectivity index (χ1v) is 11.5. The number of rotatable bonds is 11. The number of carboxylic acids is 1. The highest BCUT2D eigenvalue weighted by molar-refractivity contribution is 6.04. The predicted molar refractivity (Wildman–Crippen MR) is 129 cm³/mol. The van der Waals surface area contributed by atoms with Gasteiger partial charge in [-0.3, -0.25) is 10.2 Å². The van der Waals surface area contributed by atoms with Crippen molar-refractivity contribution in [2.45, 2.75) is 52.2 Å². The number of carbonyl (C=O) groups excluding carboxylic acids is 1. The topological polar surface area (TPSA) is 137 Å². The molecule has 2 N–H and O–H groups in total. The average Bonchev–Trinajstić information content (AvgIpc) is 3.13. The molecular formula is C26H29FN4O5. The summed E-state index contributed by atoms with van der Waals surface area (Å²) in [5.74, 6) is -0.918. The van der Waals surface area contributed by atoms with E-state index in [-0.39, 0.29) is 48.4 Å². The fraction of sp³-hybridized carbons (Fsp3) is 0.423. The molecule has 0 unspecified atom stereocenters. The Bertz CT molecular complexity index is 1220. The number of nitrogens with one attached hydrogen (secondary N) is 1. The molecular weight excluding hydrogens is 467 g/mol. The zero-order chi connectivity index (χ0) is 26.5. The number of hydrogen-bond donors (Lipinski definition) is 2. The molecule has 1 aromatic heterocycles. The highest BCUT2D eigenvalue weighted by Gasteiger charge is 2.30. The first-order valence-electron chi connectivity index (χ1n) is 11.5. The van der Waals surface area contributed by atoms with E-state index in [9.17, 15) is 14.0 Å². The molecule has 10 heteroatoms. The minimum absolute atomic E-state index is 0.0547. The first kappa shape index (κ1) is 26.6. The summed E-state index contributed by atoms with van der Waals surface area (Å²) in [5, 5.41) is 26.4. The van der Waals surface area contributed by atoms with Crippen LogP contribution in [0.5, 0.6) is 11.5 Å². The van der Waals surface area contributed by atoms with Gasteiger partial charge in [-0.2, -0.15) is 5.26 Å². The number of aromatic nitrogens is 1. The summed E-state index contributed by atoms with van der Waals surface area (Å²) < 4.78 is 24.4. The molecule has 2 aromatic rings. The number of fused-ring (bicyclic) bond motifs is 1. The van der Waals surface area contributed by atoms with Crippen molar-refractivity contribution in [3.63, 3.8) is 0 Å². The molecule has 0 saturated heterocycles. The highest BCUT2D eigenvalue weighted by Crippen LogP contribution is 2.40. The van der Waals surface area contributed by atoms with Crippen LogP contribution in [0.25, 0.3) is 0 Å². The number of nitriles is 1. The Morgan fingerprint density at radius 2 is 2.03 bits per heavy atom. The summed E-state index contributed by atoms with van der Waals surface area (Å²) in [6, 6.07) is 8.49. The molecule has 1 aliphatic heterocycles. The maximum absolute atomic E-state index is 13.4. The quantitative estimate of drug-likeness (QED) is 0.352. The van der Waals surface area contributed by atoms with Crippen molar-refractivity contribution in [3.05, 3.63) is 52.3 Å². The van der Waals surface area contributed by atoms with Gasteiger partial charge >= 0.3 is 5.97 Å². The second-order valence-corrected chi connectivity index (χ2v) is 9.47. The van der Waals surface area contributed by atoms with E-state index in [1.807, 2.05) is 26.8 Å². The second-order valence-electron chi connectivity index (χ2n) is 9.47. The molecule has 1 aliphatic rings. The summed E-state index contributed by atoms with van der Waals surface area (Å²) >= 11 is 0. The van der Waals surface area contributed by atoms with Crippen LogP contribution in [0.2, 0.25) is 0 Å². The van der Waals surface area contributed by atoms with Gasteiger partial charge in [-0.15, -0.1) is 0 Å². The number of pyridine rings is 1. The lowest BCUT2D eigenvalue weighted by Crippen LogP contribution is -2.30. The van der Waals surface area contributed by atoms with Gasteiger partial charge in [0.2, 0.25) is 0 Å². The molecule has 0 spiro atoms. The summed E-state index contributed by atoms with van der Waals surface area (Å²) in [6.45, 7) is 4.80. The van der Waals surface area contributed by atoms with Gasteiger partial charge in [0.1, 0.15) is 18.2 Å². The maximum atomic E-state index is 13.4. The Hall–Kier alpha value is -4.00. The van der Waals surface area contributed by atoms with E-state index in [1.54, 1.807) is 23.1 Å². The summed E-state index contributed by atoms with van der Waals surface area (Å²) in [5.41, 5.74) is 1.75. The van der Waals surface area contributed by atoms with Crippen LogP contribution < -0.4 is 9.47 Å². The van der Waals surface area contributed by atoms with Crippen molar-refractivity contribution in [1.29, 1.82) is 10.7 Å².